The van der Waals surface area contributed by atoms with Crippen molar-refractivity contribution in [3.63, 3.8) is 0 Å². The normalized spacial score (nSPS) is 10.7. The van der Waals surface area contributed by atoms with Gasteiger partial charge in [0.2, 0.25) is 0 Å². The van der Waals surface area contributed by atoms with E-state index < -0.39 is 19.9 Å². The fourth-order valence-electron chi connectivity index (χ4n) is 1.19. The summed E-state index contributed by atoms with van der Waals surface area (Å²) < 4.78 is 20.6. The lowest BCUT2D eigenvalue weighted by Gasteiger charge is -2.08. The standard InChI is InChI=1S/C11H16NO6P.C3H9N/c13-11(8-12-9-19(14,15)16)18-7-6-17-10-4-2-1-3-5-10;1-3(2)4/h1-5,12H,6-9H2,(H2,14,15,16);3H,4H2,1-2H3. The van der Waals surface area contributed by atoms with Crippen molar-refractivity contribution in [3.05, 3.63) is 30.3 Å². The lowest BCUT2D eigenvalue weighted by atomic mass is 10.3. The van der Waals surface area contributed by atoms with Gasteiger partial charge in [-0.2, -0.15) is 0 Å². The number of para-hydroxylation sites is 1. The first kappa shape index (κ1) is 21.6. The summed E-state index contributed by atoms with van der Waals surface area (Å²) in [5, 5.41) is 2.31. The largest absolute Gasteiger partial charge is 0.490 e. The monoisotopic (exact) mass is 348 g/mol. The number of nitrogens with two attached hydrogens (primary N) is 1. The van der Waals surface area contributed by atoms with Gasteiger partial charge in [0.1, 0.15) is 19.0 Å². The van der Waals surface area contributed by atoms with Crippen molar-refractivity contribution in [2.45, 2.75) is 19.9 Å². The van der Waals surface area contributed by atoms with Gasteiger partial charge in [-0.05, 0) is 18.2 Å². The van der Waals surface area contributed by atoms with Crippen LogP contribution in [-0.4, -0.2) is 47.8 Å². The third-order valence-electron chi connectivity index (χ3n) is 1.95. The SMILES string of the molecule is CC(C)N.O=C(CNCP(=O)(O)O)OCCOc1ccccc1. The summed E-state index contributed by atoms with van der Waals surface area (Å²) in [6, 6.07) is 9.41. The Morgan fingerprint density at radius 3 is 2.35 bits per heavy atom. The van der Waals surface area contributed by atoms with Crippen LogP contribution in [0.25, 0.3) is 0 Å². The minimum Gasteiger partial charge on any atom is -0.490 e. The van der Waals surface area contributed by atoms with Crippen LogP contribution in [0.2, 0.25) is 0 Å². The van der Waals surface area contributed by atoms with Gasteiger partial charge in [0.05, 0.1) is 12.8 Å². The molecular weight excluding hydrogens is 323 g/mol. The Bertz CT molecular complexity index is 475. The van der Waals surface area contributed by atoms with E-state index in [4.69, 9.17) is 25.0 Å². The number of hydrogen-bond acceptors (Lipinski definition) is 6. The highest BCUT2D eigenvalue weighted by molar-refractivity contribution is 7.51. The molecule has 1 aromatic carbocycles. The maximum Gasteiger partial charge on any atom is 0.339 e. The van der Waals surface area contributed by atoms with Gasteiger partial charge in [-0.15, -0.1) is 0 Å². The Morgan fingerprint density at radius 2 is 1.83 bits per heavy atom. The zero-order valence-corrected chi connectivity index (χ0v) is 14.2. The first-order valence-corrected chi connectivity index (χ1v) is 8.85. The summed E-state index contributed by atoms with van der Waals surface area (Å²) >= 11 is 0. The Balaban J connectivity index is 0.00000108. The summed E-state index contributed by atoms with van der Waals surface area (Å²) in [7, 11) is -4.14. The topological polar surface area (TPSA) is 131 Å². The predicted octanol–water partition coefficient (Wildman–Crippen LogP) is 0.687. The van der Waals surface area contributed by atoms with Crippen molar-refractivity contribution in [2.24, 2.45) is 5.73 Å². The smallest absolute Gasteiger partial charge is 0.339 e. The van der Waals surface area contributed by atoms with Crippen LogP contribution in [0.5, 0.6) is 5.75 Å². The first-order valence-electron chi connectivity index (χ1n) is 7.05. The van der Waals surface area contributed by atoms with E-state index in [9.17, 15) is 9.36 Å². The molecule has 5 N–H and O–H groups in total. The lowest BCUT2D eigenvalue weighted by molar-refractivity contribution is -0.143. The number of hydrogen-bond donors (Lipinski definition) is 4. The molecule has 0 amide bonds. The maximum atomic E-state index is 11.1. The second kappa shape index (κ2) is 12.0. The Labute approximate surface area is 136 Å². The number of benzene rings is 1. The average molecular weight is 348 g/mol. The van der Waals surface area contributed by atoms with E-state index >= 15 is 0 Å². The van der Waals surface area contributed by atoms with Crippen molar-refractivity contribution in [3.8, 4) is 5.75 Å². The Kier molecular flexibility index (Phi) is 11.3. The number of carbonyl (C=O) groups is 1. The summed E-state index contributed by atoms with van der Waals surface area (Å²) in [6.07, 6.45) is -0.553. The Morgan fingerprint density at radius 1 is 1.26 bits per heavy atom. The number of rotatable bonds is 8. The molecule has 0 saturated heterocycles. The molecule has 0 aliphatic carbocycles. The molecule has 1 aromatic rings. The van der Waals surface area contributed by atoms with Crippen molar-refractivity contribution < 1.29 is 28.6 Å². The van der Waals surface area contributed by atoms with E-state index in [0.717, 1.165) is 0 Å². The molecule has 132 valence electrons. The summed E-state index contributed by atoms with van der Waals surface area (Å²) in [4.78, 5) is 28.2. The van der Waals surface area contributed by atoms with Crippen LogP contribution in [0, 0.1) is 0 Å². The van der Waals surface area contributed by atoms with E-state index in [2.05, 4.69) is 5.32 Å². The van der Waals surface area contributed by atoms with Crippen molar-refractivity contribution in [1.82, 2.24) is 5.32 Å². The molecule has 0 aromatic heterocycles. The molecule has 8 nitrogen and oxygen atoms in total. The minimum atomic E-state index is -4.14. The van der Waals surface area contributed by atoms with Crippen molar-refractivity contribution >= 4 is 13.6 Å². The van der Waals surface area contributed by atoms with Gasteiger partial charge < -0.3 is 25.0 Å². The van der Waals surface area contributed by atoms with E-state index in [1.807, 2.05) is 32.0 Å². The maximum absolute atomic E-state index is 11.1. The van der Waals surface area contributed by atoms with E-state index in [1.165, 1.54) is 0 Å². The molecule has 0 saturated carbocycles. The van der Waals surface area contributed by atoms with Crippen LogP contribution in [-0.2, 0) is 14.1 Å². The van der Waals surface area contributed by atoms with Gasteiger partial charge in [-0.1, -0.05) is 32.0 Å². The van der Waals surface area contributed by atoms with Gasteiger partial charge in [0, 0.05) is 0 Å². The van der Waals surface area contributed by atoms with Crippen LogP contribution in [0.3, 0.4) is 0 Å². The lowest BCUT2D eigenvalue weighted by Crippen LogP contribution is -2.26. The third-order valence-corrected chi connectivity index (χ3v) is 2.58. The highest BCUT2D eigenvalue weighted by Crippen LogP contribution is 2.31. The first-order chi connectivity index (χ1) is 10.7. The molecule has 0 aliphatic heterocycles. The summed E-state index contributed by atoms with van der Waals surface area (Å²) in [5.74, 6) is 0.0864. The third kappa shape index (κ3) is 16.8. The molecule has 23 heavy (non-hydrogen) atoms. The summed E-state index contributed by atoms with van der Waals surface area (Å²) in [6.45, 7) is 3.93. The van der Waals surface area contributed by atoms with Gasteiger partial charge in [0.15, 0.2) is 0 Å². The molecule has 0 heterocycles. The van der Waals surface area contributed by atoms with Crippen molar-refractivity contribution in [1.29, 1.82) is 0 Å². The molecule has 9 heteroatoms. The van der Waals surface area contributed by atoms with Gasteiger partial charge in [0.25, 0.3) is 0 Å². The Hall–Kier alpha value is -1.44. The van der Waals surface area contributed by atoms with E-state index in [1.54, 1.807) is 12.1 Å². The zero-order valence-electron chi connectivity index (χ0n) is 13.3. The van der Waals surface area contributed by atoms with Crippen LogP contribution < -0.4 is 15.8 Å². The quantitative estimate of drug-likeness (QED) is 0.306. The van der Waals surface area contributed by atoms with Crippen LogP contribution in [0.4, 0.5) is 0 Å². The average Bonchev–Trinajstić information content (AvgIpc) is 2.43. The molecule has 0 unspecified atom stereocenters. The number of ether oxygens (including phenoxy) is 2. The molecular formula is C14H25N2O6P. The second-order valence-electron chi connectivity index (χ2n) is 4.88. The van der Waals surface area contributed by atoms with Crippen LogP contribution in [0.1, 0.15) is 13.8 Å². The second-order valence-corrected chi connectivity index (χ2v) is 6.52. The number of nitrogens with one attached hydrogen (secondary N) is 1. The molecule has 0 spiro atoms. The molecule has 0 radical (unpaired) electrons. The predicted molar refractivity (Wildman–Crippen MR) is 87.1 cm³/mol. The van der Waals surface area contributed by atoms with Crippen LogP contribution in [0.15, 0.2) is 30.3 Å². The minimum absolute atomic E-state index is 0.0747. The fraction of sp³-hybridized carbons (Fsp3) is 0.500. The van der Waals surface area contributed by atoms with E-state index in [-0.39, 0.29) is 19.8 Å². The van der Waals surface area contributed by atoms with Gasteiger partial charge >= 0.3 is 13.6 Å². The highest BCUT2D eigenvalue weighted by atomic mass is 31.2. The zero-order chi connectivity index (χ0) is 17.7. The molecule has 0 bridgehead atoms. The summed E-state index contributed by atoms with van der Waals surface area (Å²) in [5.41, 5.74) is 5.11. The van der Waals surface area contributed by atoms with Crippen molar-refractivity contribution in [2.75, 3.05) is 26.0 Å². The van der Waals surface area contributed by atoms with Gasteiger partial charge in [-0.3, -0.25) is 14.7 Å². The molecule has 0 atom stereocenters. The fourth-order valence-corrected chi connectivity index (χ4v) is 1.59. The van der Waals surface area contributed by atoms with Crippen LogP contribution >= 0.6 is 7.60 Å². The molecule has 1 rings (SSSR count). The number of carbonyl (C=O) groups excluding carboxylic acids is 1. The molecule has 0 aliphatic rings. The highest BCUT2D eigenvalue weighted by Gasteiger charge is 2.12. The molecule has 0 fully saturated rings. The van der Waals surface area contributed by atoms with E-state index in [0.29, 0.717) is 11.8 Å². The number of esters is 1. The van der Waals surface area contributed by atoms with Gasteiger partial charge in [-0.25, -0.2) is 0 Å².